The summed E-state index contributed by atoms with van der Waals surface area (Å²) in [6.07, 6.45) is 2.32. The highest BCUT2D eigenvalue weighted by Crippen LogP contribution is 2.24. The third-order valence-corrected chi connectivity index (χ3v) is 2.83. The molecule has 0 spiro atoms. The minimum absolute atomic E-state index is 0.0671. The van der Waals surface area contributed by atoms with Crippen molar-refractivity contribution >= 4 is 22.0 Å². The molecule has 0 atom stereocenters. The zero-order chi connectivity index (χ0) is 9.47. The third kappa shape index (κ3) is 1.17. The van der Waals surface area contributed by atoms with Crippen molar-refractivity contribution in [1.82, 2.24) is 9.97 Å². The van der Waals surface area contributed by atoms with E-state index in [-0.39, 0.29) is 5.03 Å². The van der Waals surface area contributed by atoms with Crippen molar-refractivity contribution in [3.05, 3.63) is 12.0 Å². The SMILES string of the molecule is Cc1ncnc2c1NC=NS2(=O)=O. The average molecular weight is 198 g/mol. The highest BCUT2D eigenvalue weighted by Gasteiger charge is 2.23. The zero-order valence-corrected chi connectivity index (χ0v) is 7.54. The van der Waals surface area contributed by atoms with Gasteiger partial charge in [-0.2, -0.15) is 8.42 Å². The minimum atomic E-state index is -3.61. The van der Waals surface area contributed by atoms with Gasteiger partial charge in [0.1, 0.15) is 18.4 Å². The molecule has 2 rings (SSSR count). The van der Waals surface area contributed by atoms with Gasteiger partial charge in [-0.05, 0) is 6.92 Å². The van der Waals surface area contributed by atoms with E-state index < -0.39 is 10.0 Å². The topological polar surface area (TPSA) is 84.3 Å². The molecule has 0 aromatic carbocycles. The first-order chi connectivity index (χ1) is 6.11. The Hall–Kier alpha value is -1.50. The van der Waals surface area contributed by atoms with Crippen LogP contribution in [0.15, 0.2) is 15.8 Å². The Morgan fingerprint density at radius 2 is 2.15 bits per heavy atom. The fourth-order valence-electron chi connectivity index (χ4n) is 1.02. The molecule has 0 saturated carbocycles. The first-order valence-corrected chi connectivity index (χ1v) is 4.92. The summed E-state index contributed by atoms with van der Waals surface area (Å²) < 4.78 is 25.9. The van der Waals surface area contributed by atoms with Crippen LogP contribution in [0.5, 0.6) is 0 Å². The smallest absolute Gasteiger partial charge is 0.303 e. The van der Waals surface area contributed by atoms with E-state index in [0.717, 1.165) is 6.34 Å². The van der Waals surface area contributed by atoms with E-state index >= 15 is 0 Å². The van der Waals surface area contributed by atoms with Crippen molar-refractivity contribution in [2.45, 2.75) is 11.9 Å². The van der Waals surface area contributed by atoms with E-state index in [2.05, 4.69) is 19.7 Å². The maximum atomic E-state index is 11.3. The first-order valence-electron chi connectivity index (χ1n) is 3.48. The molecule has 0 fully saturated rings. The zero-order valence-electron chi connectivity index (χ0n) is 6.72. The Kier molecular flexibility index (Phi) is 1.56. The number of sulfonamides is 1. The lowest BCUT2D eigenvalue weighted by Gasteiger charge is -2.11. The number of rotatable bonds is 0. The van der Waals surface area contributed by atoms with Crippen LogP contribution in [-0.4, -0.2) is 24.7 Å². The highest BCUT2D eigenvalue weighted by molar-refractivity contribution is 7.90. The summed E-state index contributed by atoms with van der Waals surface area (Å²) in [7, 11) is -3.61. The van der Waals surface area contributed by atoms with Gasteiger partial charge in [0, 0.05) is 0 Å². The van der Waals surface area contributed by atoms with Crippen molar-refractivity contribution < 1.29 is 8.42 Å². The van der Waals surface area contributed by atoms with E-state index in [1.54, 1.807) is 6.92 Å². The van der Waals surface area contributed by atoms with Crippen LogP contribution in [0.2, 0.25) is 0 Å². The Morgan fingerprint density at radius 3 is 2.85 bits per heavy atom. The number of anilines is 1. The number of aryl methyl sites for hydroxylation is 1. The highest BCUT2D eigenvalue weighted by atomic mass is 32.2. The molecule has 6 nitrogen and oxygen atoms in total. The van der Waals surface area contributed by atoms with Crippen molar-refractivity contribution in [3.8, 4) is 0 Å². The summed E-state index contributed by atoms with van der Waals surface area (Å²) in [6, 6.07) is 0. The van der Waals surface area contributed by atoms with Gasteiger partial charge in [0.25, 0.3) is 0 Å². The van der Waals surface area contributed by atoms with Gasteiger partial charge in [-0.3, -0.25) is 0 Å². The number of fused-ring (bicyclic) bond motifs is 1. The van der Waals surface area contributed by atoms with Crippen molar-refractivity contribution in [2.24, 2.45) is 4.40 Å². The second kappa shape index (κ2) is 2.49. The van der Waals surface area contributed by atoms with Gasteiger partial charge in [-0.1, -0.05) is 0 Å². The van der Waals surface area contributed by atoms with Crippen LogP contribution in [0.25, 0.3) is 0 Å². The predicted octanol–water partition coefficient (Wildman–Crippen LogP) is -0.0725. The number of nitrogens with zero attached hydrogens (tertiary/aromatic N) is 3. The van der Waals surface area contributed by atoms with Crippen LogP contribution < -0.4 is 5.32 Å². The van der Waals surface area contributed by atoms with Gasteiger partial charge in [0.15, 0.2) is 0 Å². The summed E-state index contributed by atoms with van der Waals surface area (Å²) in [6.45, 7) is 1.70. The maximum Gasteiger partial charge on any atom is 0.303 e. The molecule has 68 valence electrons. The van der Waals surface area contributed by atoms with Gasteiger partial charge < -0.3 is 5.32 Å². The van der Waals surface area contributed by atoms with Crippen LogP contribution in [0.1, 0.15) is 5.69 Å². The molecule has 2 heterocycles. The van der Waals surface area contributed by atoms with E-state index in [4.69, 9.17) is 0 Å². The second-order valence-electron chi connectivity index (χ2n) is 2.49. The van der Waals surface area contributed by atoms with Gasteiger partial charge in [-0.15, -0.1) is 4.40 Å². The monoisotopic (exact) mass is 198 g/mol. The predicted molar refractivity (Wildman–Crippen MR) is 46.1 cm³/mol. The fourth-order valence-corrected chi connectivity index (χ4v) is 1.96. The number of hydrogen-bond donors (Lipinski definition) is 1. The molecule has 0 amide bonds. The molecule has 1 N–H and O–H groups in total. The van der Waals surface area contributed by atoms with Crippen molar-refractivity contribution in [3.63, 3.8) is 0 Å². The van der Waals surface area contributed by atoms with E-state index in [9.17, 15) is 8.42 Å². The molecule has 7 heteroatoms. The molecule has 1 aromatic heterocycles. The second-order valence-corrected chi connectivity index (χ2v) is 4.04. The minimum Gasteiger partial charge on any atom is -0.342 e. The molecule has 1 aliphatic rings. The summed E-state index contributed by atoms with van der Waals surface area (Å²) >= 11 is 0. The fraction of sp³-hybridized carbons (Fsp3) is 0.167. The van der Waals surface area contributed by atoms with Gasteiger partial charge >= 0.3 is 10.0 Å². The molecule has 1 aliphatic heterocycles. The molecular weight excluding hydrogens is 192 g/mol. The number of hydrogen-bond acceptors (Lipinski definition) is 5. The Labute approximate surface area is 74.8 Å². The first kappa shape index (κ1) is 8.11. The quantitative estimate of drug-likeness (QED) is 0.590. The normalized spacial score (nSPS) is 17.6. The lowest BCUT2D eigenvalue weighted by Crippen LogP contribution is -2.15. The molecule has 0 bridgehead atoms. The van der Waals surface area contributed by atoms with Gasteiger partial charge in [0.2, 0.25) is 5.03 Å². The van der Waals surface area contributed by atoms with E-state index in [0.29, 0.717) is 11.4 Å². The summed E-state index contributed by atoms with van der Waals surface area (Å²) in [5.74, 6) is 0. The number of aromatic nitrogens is 2. The molecule has 13 heavy (non-hydrogen) atoms. The van der Waals surface area contributed by atoms with E-state index in [1.165, 1.54) is 6.33 Å². The van der Waals surface area contributed by atoms with Crippen molar-refractivity contribution in [1.29, 1.82) is 0 Å². The third-order valence-electron chi connectivity index (χ3n) is 1.65. The molecule has 0 radical (unpaired) electrons. The summed E-state index contributed by atoms with van der Waals surface area (Å²) in [5, 5.41) is 2.62. The molecular formula is C6H6N4O2S. The summed E-state index contributed by atoms with van der Waals surface area (Å²) in [4.78, 5) is 7.52. The van der Waals surface area contributed by atoms with Crippen molar-refractivity contribution in [2.75, 3.05) is 5.32 Å². The van der Waals surface area contributed by atoms with Crippen LogP contribution in [-0.2, 0) is 10.0 Å². The average Bonchev–Trinajstić information content (AvgIpc) is 2.06. The molecule has 0 saturated heterocycles. The maximum absolute atomic E-state index is 11.3. The molecule has 0 aliphatic carbocycles. The number of nitrogens with one attached hydrogen (secondary N) is 1. The van der Waals surface area contributed by atoms with Crippen LogP contribution in [0.4, 0.5) is 5.69 Å². The van der Waals surface area contributed by atoms with Gasteiger partial charge in [-0.25, -0.2) is 9.97 Å². The largest absolute Gasteiger partial charge is 0.342 e. The van der Waals surface area contributed by atoms with E-state index in [1.807, 2.05) is 0 Å². The Morgan fingerprint density at radius 1 is 1.38 bits per heavy atom. The standard InChI is InChI=1S/C6H6N4O2S/c1-4-5-6(9-2-7-4)13(11,12)10-3-8-5/h2-3H,1H3,(H,8,10). The lowest BCUT2D eigenvalue weighted by atomic mass is 10.4. The van der Waals surface area contributed by atoms with Crippen LogP contribution in [0.3, 0.4) is 0 Å². The summed E-state index contributed by atoms with van der Waals surface area (Å²) in [5.41, 5.74) is 0.984. The molecule has 0 unspecified atom stereocenters. The van der Waals surface area contributed by atoms with Crippen LogP contribution >= 0.6 is 0 Å². The van der Waals surface area contributed by atoms with Crippen LogP contribution in [0, 0.1) is 6.92 Å². The Bertz CT molecular complexity index is 479. The molecule has 1 aromatic rings. The lowest BCUT2D eigenvalue weighted by molar-refractivity contribution is 0.593. The van der Waals surface area contributed by atoms with Gasteiger partial charge in [0.05, 0.1) is 5.69 Å². The Balaban J connectivity index is 2.79.